The average molecular weight is 419 g/mol. The summed E-state index contributed by atoms with van der Waals surface area (Å²) in [6.45, 7) is 8.07. The summed E-state index contributed by atoms with van der Waals surface area (Å²) in [7, 11) is 0. The van der Waals surface area contributed by atoms with Gasteiger partial charge in [-0.2, -0.15) is 0 Å². The van der Waals surface area contributed by atoms with Gasteiger partial charge in [0, 0.05) is 6.42 Å². The zero-order chi connectivity index (χ0) is 21.3. The Morgan fingerprint density at radius 3 is 1.48 bits per heavy atom. The zero-order valence-corrected chi connectivity index (χ0v) is 17.9. The van der Waals surface area contributed by atoms with E-state index < -0.39 is 0 Å². The Balaban J connectivity index is 3.07. The van der Waals surface area contributed by atoms with Crippen molar-refractivity contribution in [2.75, 3.05) is 85.9 Å². The Labute approximate surface area is 175 Å². The Hall–Kier alpha value is -1.21. The van der Waals surface area contributed by atoms with Crippen molar-refractivity contribution in [3.8, 4) is 12.3 Å². The van der Waals surface area contributed by atoms with E-state index in [2.05, 4.69) is 12.8 Å². The first-order valence-corrected chi connectivity index (χ1v) is 10.4. The van der Waals surface area contributed by atoms with Gasteiger partial charge < -0.3 is 33.2 Å². The topological polar surface area (TPSA) is 81.7 Å². The second-order valence-corrected chi connectivity index (χ2v) is 6.00. The largest absolute Gasteiger partial charge is 0.463 e. The summed E-state index contributed by atoms with van der Waals surface area (Å²) >= 11 is 0. The van der Waals surface area contributed by atoms with E-state index in [9.17, 15) is 4.79 Å². The van der Waals surface area contributed by atoms with Crippen molar-refractivity contribution in [3.05, 3.63) is 0 Å². The van der Waals surface area contributed by atoms with Crippen molar-refractivity contribution in [2.45, 2.75) is 32.6 Å². The van der Waals surface area contributed by atoms with E-state index in [1.165, 1.54) is 0 Å². The number of unbranched alkanes of at least 4 members (excludes halogenated alkanes) is 2. The van der Waals surface area contributed by atoms with Crippen LogP contribution in [0.3, 0.4) is 0 Å². The summed E-state index contributed by atoms with van der Waals surface area (Å²) in [5.74, 6) is 2.23. The van der Waals surface area contributed by atoms with Crippen LogP contribution in [0, 0.1) is 12.3 Å². The second-order valence-electron chi connectivity index (χ2n) is 6.00. The molecule has 0 aliphatic heterocycles. The lowest BCUT2D eigenvalue weighted by Crippen LogP contribution is -2.15. The molecule has 0 amide bonds. The molecular weight excluding hydrogens is 380 g/mol. The fraction of sp³-hybridized carbons (Fsp3) is 0.857. The molecule has 8 heteroatoms. The molecular formula is C21H38O8. The van der Waals surface area contributed by atoms with Crippen LogP contribution >= 0.6 is 0 Å². The summed E-state index contributed by atoms with van der Waals surface area (Å²) in [6.07, 6.45) is 8.57. The standard InChI is InChI=1S/C21H38O8/c1-3-5-6-7-21(22)29-20-19-28-18-17-27-16-15-26-14-13-25-12-11-24-10-9-23-8-4-2/h2H,3,5-20H2,1H3. The number of hydrogen-bond donors (Lipinski definition) is 0. The van der Waals surface area contributed by atoms with Crippen LogP contribution in [0.5, 0.6) is 0 Å². The van der Waals surface area contributed by atoms with Crippen molar-refractivity contribution in [1.82, 2.24) is 0 Å². The summed E-state index contributed by atoms with van der Waals surface area (Å²) < 4.78 is 36.9. The Morgan fingerprint density at radius 1 is 0.655 bits per heavy atom. The predicted octanol–water partition coefficient (Wildman–Crippen LogP) is 1.84. The monoisotopic (exact) mass is 418 g/mol. The summed E-state index contributed by atoms with van der Waals surface area (Å²) in [6, 6.07) is 0. The van der Waals surface area contributed by atoms with Gasteiger partial charge in [0.05, 0.1) is 72.7 Å². The van der Waals surface area contributed by atoms with Crippen molar-refractivity contribution < 1.29 is 38.0 Å². The Kier molecular flexibility index (Phi) is 23.8. The molecule has 0 fully saturated rings. The third-order valence-corrected chi connectivity index (χ3v) is 3.52. The number of terminal acetylenes is 1. The van der Waals surface area contributed by atoms with Crippen LogP contribution in [-0.4, -0.2) is 91.9 Å². The molecule has 0 aromatic heterocycles. The minimum absolute atomic E-state index is 0.155. The van der Waals surface area contributed by atoms with Gasteiger partial charge >= 0.3 is 5.97 Å². The molecule has 0 unspecified atom stereocenters. The molecule has 0 aromatic rings. The maximum absolute atomic E-state index is 11.4. The predicted molar refractivity (Wildman–Crippen MR) is 109 cm³/mol. The van der Waals surface area contributed by atoms with E-state index >= 15 is 0 Å². The van der Waals surface area contributed by atoms with Gasteiger partial charge in [-0.05, 0) is 6.42 Å². The third kappa shape index (κ3) is 24.8. The van der Waals surface area contributed by atoms with Crippen LogP contribution in [0.15, 0.2) is 0 Å². The number of hydrogen-bond acceptors (Lipinski definition) is 8. The third-order valence-electron chi connectivity index (χ3n) is 3.52. The summed E-state index contributed by atoms with van der Waals surface area (Å²) in [5.41, 5.74) is 0. The highest BCUT2D eigenvalue weighted by molar-refractivity contribution is 5.69. The van der Waals surface area contributed by atoms with E-state index in [-0.39, 0.29) is 5.97 Å². The summed E-state index contributed by atoms with van der Waals surface area (Å²) in [4.78, 5) is 11.4. The first-order chi connectivity index (χ1) is 14.3. The van der Waals surface area contributed by atoms with Crippen LogP contribution < -0.4 is 0 Å². The molecule has 0 saturated carbocycles. The highest BCUT2D eigenvalue weighted by atomic mass is 16.6. The molecule has 0 aromatic carbocycles. The van der Waals surface area contributed by atoms with E-state index in [1.807, 2.05) is 0 Å². The molecule has 0 radical (unpaired) electrons. The number of rotatable bonds is 23. The number of carbonyl (C=O) groups is 1. The maximum Gasteiger partial charge on any atom is 0.305 e. The lowest BCUT2D eigenvalue weighted by atomic mass is 10.2. The molecule has 0 bridgehead atoms. The molecule has 29 heavy (non-hydrogen) atoms. The van der Waals surface area contributed by atoms with Crippen LogP contribution in [0.4, 0.5) is 0 Å². The molecule has 0 atom stereocenters. The molecule has 0 saturated heterocycles. The Morgan fingerprint density at radius 2 is 1.07 bits per heavy atom. The average Bonchev–Trinajstić information content (AvgIpc) is 2.72. The molecule has 8 nitrogen and oxygen atoms in total. The van der Waals surface area contributed by atoms with Gasteiger partial charge in [-0.1, -0.05) is 25.7 Å². The maximum atomic E-state index is 11.4. The first kappa shape index (κ1) is 27.8. The van der Waals surface area contributed by atoms with Crippen molar-refractivity contribution >= 4 is 5.97 Å². The fourth-order valence-corrected chi connectivity index (χ4v) is 2.04. The Bertz CT molecular complexity index is 383. The lowest BCUT2D eigenvalue weighted by Gasteiger charge is -2.08. The van der Waals surface area contributed by atoms with Gasteiger partial charge in [-0.3, -0.25) is 4.79 Å². The van der Waals surface area contributed by atoms with Crippen LogP contribution in [-0.2, 0) is 38.0 Å². The first-order valence-electron chi connectivity index (χ1n) is 10.4. The molecule has 0 heterocycles. The number of carbonyl (C=O) groups excluding carboxylic acids is 1. The van der Waals surface area contributed by atoms with E-state index in [0.29, 0.717) is 92.3 Å². The van der Waals surface area contributed by atoms with Gasteiger partial charge in [0.15, 0.2) is 0 Å². The quantitative estimate of drug-likeness (QED) is 0.141. The van der Waals surface area contributed by atoms with Crippen molar-refractivity contribution in [3.63, 3.8) is 0 Å². The van der Waals surface area contributed by atoms with Gasteiger partial charge in [0.25, 0.3) is 0 Å². The van der Waals surface area contributed by atoms with Gasteiger partial charge in [0.1, 0.15) is 13.2 Å². The zero-order valence-electron chi connectivity index (χ0n) is 17.9. The van der Waals surface area contributed by atoms with Crippen molar-refractivity contribution in [1.29, 1.82) is 0 Å². The molecule has 0 aliphatic carbocycles. The molecule has 0 N–H and O–H groups in total. The van der Waals surface area contributed by atoms with Gasteiger partial charge in [-0.15, -0.1) is 6.42 Å². The highest BCUT2D eigenvalue weighted by Gasteiger charge is 2.01. The summed E-state index contributed by atoms with van der Waals surface area (Å²) in [5, 5.41) is 0. The fourth-order valence-electron chi connectivity index (χ4n) is 2.04. The number of ether oxygens (including phenoxy) is 7. The molecule has 0 aliphatic rings. The minimum Gasteiger partial charge on any atom is -0.463 e. The molecule has 0 rings (SSSR count). The number of esters is 1. The van der Waals surface area contributed by atoms with Crippen LogP contribution in [0.1, 0.15) is 32.6 Å². The van der Waals surface area contributed by atoms with Crippen LogP contribution in [0.25, 0.3) is 0 Å². The van der Waals surface area contributed by atoms with Gasteiger partial charge in [0.2, 0.25) is 0 Å². The van der Waals surface area contributed by atoms with E-state index in [4.69, 9.17) is 39.6 Å². The van der Waals surface area contributed by atoms with Gasteiger partial charge in [-0.25, -0.2) is 0 Å². The second kappa shape index (κ2) is 24.8. The lowest BCUT2D eigenvalue weighted by molar-refractivity contribution is -0.145. The molecule has 0 spiro atoms. The minimum atomic E-state index is -0.155. The van der Waals surface area contributed by atoms with Crippen molar-refractivity contribution in [2.24, 2.45) is 0 Å². The SMILES string of the molecule is C#CCOCCOCCOCCOCCOCCOCCOC(=O)CCCCC. The highest BCUT2D eigenvalue weighted by Crippen LogP contribution is 2.00. The van der Waals surface area contributed by atoms with E-state index in [0.717, 1.165) is 19.3 Å². The van der Waals surface area contributed by atoms with Crippen LogP contribution in [0.2, 0.25) is 0 Å². The molecule has 170 valence electrons. The normalized spacial score (nSPS) is 10.8. The smallest absolute Gasteiger partial charge is 0.305 e. The van der Waals surface area contributed by atoms with E-state index in [1.54, 1.807) is 0 Å².